The van der Waals surface area contributed by atoms with Gasteiger partial charge in [-0.2, -0.15) is 0 Å². The van der Waals surface area contributed by atoms with Gasteiger partial charge in [0.15, 0.2) is 0 Å². The standard InChI is InChI=1S/C15H21FN2O2/c1-10(19)11-5-6-13(12(16)9-11)18-8-7-17(4)14(20)15(18,2)3/h5-6,9-10,19H,7-8H2,1-4H3/t10-/m1/s1. The molecule has 20 heavy (non-hydrogen) atoms. The number of aliphatic hydroxyl groups excluding tert-OH is 1. The molecule has 1 heterocycles. The highest BCUT2D eigenvalue weighted by molar-refractivity contribution is 5.90. The predicted molar refractivity (Wildman–Crippen MR) is 76.1 cm³/mol. The van der Waals surface area contributed by atoms with E-state index in [1.807, 2.05) is 0 Å². The van der Waals surface area contributed by atoms with E-state index in [-0.39, 0.29) is 5.91 Å². The second-order valence-electron chi connectivity index (χ2n) is 5.82. The third kappa shape index (κ3) is 2.38. The Balaban J connectivity index is 2.39. The molecule has 1 aromatic rings. The van der Waals surface area contributed by atoms with Crippen molar-refractivity contribution in [2.75, 3.05) is 25.0 Å². The fourth-order valence-electron chi connectivity index (χ4n) is 2.64. The number of halogens is 1. The maximum absolute atomic E-state index is 14.3. The average molecular weight is 280 g/mol. The first kappa shape index (κ1) is 14.8. The molecule has 0 radical (unpaired) electrons. The second-order valence-corrected chi connectivity index (χ2v) is 5.82. The Morgan fingerprint density at radius 2 is 2.00 bits per heavy atom. The number of rotatable bonds is 2. The normalized spacial score (nSPS) is 20.2. The lowest BCUT2D eigenvalue weighted by atomic mass is 9.96. The van der Waals surface area contributed by atoms with E-state index in [1.54, 1.807) is 49.8 Å². The van der Waals surface area contributed by atoms with E-state index >= 15 is 0 Å². The first-order valence-electron chi connectivity index (χ1n) is 6.76. The van der Waals surface area contributed by atoms with Crippen LogP contribution < -0.4 is 4.90 Å². The quantitative estimate of drug-likeness (QED) is 0.900. The third-order valence-electron chi connectivity index (χ3n) is 3.95. The third-order valence-corrected chi connectivity index (χ3v) is 3.95. The van der Waals surface area contributed by atoms with Crippen molar-refractivity contribution < 1.29 is 14.3 Å². The van der Waals surface area contributed by atoms with Crippen molar-refractivity contribution >= 4 is 11.6 Å². The zero-order valence-corrected chi connectivity index (χ0v) is 12.4. The minimum atomic E-state index is -0.778. The zero-order chi connectivity index (χ0) is 15.1. The van der Waals surface area contributed by atoms with E-state index in [4.69, 9.17) is 0 Å². The van der Waals surface area contributed by atoms with E-state index in [9.17, 15) is 14.3 Å². The summed E-state index contributed by atoms with van der Waals surface area (Å²) < 4.78 is 14.3. The Morgan fingerprint density at radius 1 is 1.35 bits per heavy atom. The molecule has 0 unspecified atom stereocenters. The molecule has 0 spiro atoms. The Hall–Kier alpha value is -1.62. The van der Waals surface area contributed by atoms with E-state index in [2.05, 4.69) is 0 Å². The number of anilines is 1. The molecule has 1 aliphatic rings. The SMILES string of the molecule is C[C@@H](O)c1ccc(N2CCN(C)C(=O)C2(C)C)c(F)c1. The Labute approximate surface area is 118 Å². The van der Waals surface area contributed by atoms with Gasteiger partial charge in [0.2, 0.25) is 5.91 Å². The Morgan fingerprint density at radius 3 is 2.55 bits per heavy atom. The van der Waals surface area contributed by atoms with Gasteiger partial charge in [0.25, 0.3) is 0 Å². The molecular weight excluding hydrogens is 259 g/mol. The van der Waals surface area contributed by atoms with Crippen LogP contribution in [0.2, 0.25) is 0 Å². The van der Waals surface area contributed by atoms with Crippen molar-refractivity contribution in [1.82, 2.24) is 4.90 Å². The number of hydrogen-bond acceptors (Lipinski definition) is 3. The maximum atomic E-state index is 14.3. The lowest BCUT2D eigenvalue weighted by Gasteiger charge is -2.46. The van der Waals surface area contributed by atoms with Gasteiger partial charge >= 0.3 is 0 Å². The summed E-state index contributed by atoms with van der Waals surface area (Å²) in [4.78, 5) is 15.7. The molecule has 1 aliphatic heterocycles. The van der Waals surface area contributed by atoms with Crippen LogP contribution in [-0.2, 0) is 4.79 Å². The number of aliphatic hydroxyl groups is 1. The summed E-state index contributed by atoms with van der Waals surface area (Å²) in [7, 11) is 1.76. The van der Waals surface area contributed by atoms with E-state index in [1.165, 1.54) is 6.07 Å². The molecule has 1 saturated heterocycles. The summed E-state index contributed by atoms with van der Waals surface area (Å²) >= 11 is 0. The summed E-state index contributed by atoms with van der Waals surface area (Å²) in [6.07, 6.45) is -0.708. The van der Waals surface area contributed by atoms with Crippen LogP contribution in [0.5, 0.6) is 0 Å². The van der Waals surface area contributed by atoms with E-state index in [0.29, 0.717) is 24.3 Å². The molecule has 110 valence electrons. The van der Waals surface area contributed by atoms with Crippen molar-refractivity contribution in [2.45, 2.75) is 32.4 Å². The minimum Gasteiger partial charge on any atom is -0.389 e. The molecule has 1 aromatic carbocycles. The van der Waals surface area contributed by atoms with Gasteiger partial charge < -0.3 is 14.9 Å². The van der Waals surface area contributed by atoms with Crippen LogP contribution in [0.15, 0.2) is 18.2 Å². The first-order chi connectivity index (χ1) is 9.25. The van der Waals surface area contributed by atoms with Crippen molar-refractivity contribution in [3.8, 4) is 0 Å². The highest BCUT2D eigenvalue weighted by Gasteiger charge is 2.41. The number of hydrogen-bond donors (Lipinski definition) is 1. The van der Waals surface area contributed by atoms with Crippen LogP contribution in [0.1, 0.15) is 32.4 Å². The van der Waals surface area contributed by atoms with Crippen molar-refractivity contribution in [3.63, 3.8) is 0 Å². The second kappa shape index (κ2) is 5.05. The Kier molecular flexibility index (Phi) is 3.73. The zero-order valence-electron chi connectivity index (χ0n) is 12.4. The minimum absolute atomic E-state index is 0.0252. The molecule has 0 aromatic heterocycles. The van der Waals surface area contributed by atoms with E-state index in [0.717, 1.165) is 0 Å². The fraction of sp³-hybridized carbons (Fsp3) is 0.533. The summed E-state index contributed by atoms with van der Waals surface area (Å²) in [6, 6.07) is 4.67. The van der Waals surface area contributed by atoms with Gasteiger partial charge in [0.1, 0.15) is 11.4 Å². The number of piperazine rings is 1. The highest BCUT2D eigenvalue weighted by Crippen LogP contribution is 2.31. The van der Waals surface area contributed by atoms with Gasteiger partial charge in [-0.05, 0) is 38.5 Å². The Bertz CT molecular complexity index is 529. The van der Waals surface area contributed by atoms with Gasteiger partial charge in [0, 0.05) is 20.1 Å². The van der Waals surface area contributed by atoms with Crippen LogP contribution in [-0.4, -0.2) is 41.6 Å². The maximum Gasteiger partial charge on any atom is 0.247 e. The van der Waals surface area contributed by atoms with Gasteiger partial charge in [0.05, 0.1) is 11.8 Å². The van der Waals surface area contributed by atoms with Crippen LogP contribution in [0.4, 0.5) is 10.1 Å². The molecule has 4 nitrogen and oxygen atoms in total. The smallest absolute Gasteiger partial charge is 0.247 e. The number of carbonyl (C=O) groups is 1. The lowest BCUT2D eigenvalue weighted by molar-refractivity contribution is -0.136. The summed E-state index contributed by atoms with van der Waals surface area (Å²) in [5.41, 5.74) is 0.158. The largest absolute Gasteiger partial charge is 0.389 e. The van der Waals surface area contributed by atoms with Crippen molar-refractivity contribution in [2.24, 2.45) is 0 Å². The number of amides is 1. The summed E-state index contributed by atoms with van der Waals surface area (Å²) in [6.45, 7) is 6.35. The predicted octanol–water partition coefficient (Wildman–Crippen LogP) is 1.94. The van der Waals surface area contributed by atoms with Crippen LogP contribution in [0.3, 0.4) is 0 Å². The molecule has 1 fully saturated rings. The molecule has 0 saturated carbocycles. The van der Waals surface area contributed by atoms with Gasteiger partial charge in [-0.1, -0.05) is 6.07 Å². The molecule has 1 N–H and O–H groups in total. The number of benzene rings is 1. The average Bonchev–Trinajstić information content (AvgIpc) is 2.37. The molecule has 1 amide bonds. The molecule has 0 aliphatic carbocycles. The number of carbonyl (C=O) groups excluding carboxylic acids is 1. The van der Waals surface area contributed by atoms with Gasteiger partial charge in [-0.25, -0.2) is 4.39 Å². The molecule has 0 bridgehead atoms. The monoisotopic (exact) mass is 280 g/mol. The molecule has 2 rings (SSSR count). The van der Waals surface area contributed by atoms with Crippen LogP contribution in [0.25, 0.3) is 0 Å². The highest BCUT2D eigenvalue weighted by atomic mass is 19.1. The molecular formula is C15H21FN2O2. The molecule has 1 atom stereocenters. The van der Waals surface area contributed by atoms with Crippen molar-refractivity contribution in [3.05, 3.63) is 29.6 Å². The lowest BCUT2D eigenvalue weighted by Crippen LogP contribution is -2.62. The fourth-order valence-corrected chi connectivity index (χ4v) is 2.64. The topological polar surface area (TPSA) is 43.8 Å². The van der Waals surface area contributed by atoms with Crippen LogP contribution in [0, 0.1) is 5.82 Å². The van der Waals surface area contributed by atoms with Crippen LogP contribution >= 0.6 is 0 Å². The van der Waals surface area contributed by atoms with Gasteiger partial charge in [-0.15, -0.1) is 0 Å². The number of likely N-dealkylation sites (N-methyl/N-ethyl adjacent to an activating group) is 1. The van der Waals surface area contributed by atoms with E-state index < -0.39 is 17.5 Å². The first-order valence-corrected chi connectivity index (χ1v) is 6.76. The van der Waals surface area contributed by atoms with Gasteiger partial charge in [-0.3, -0.25) is 4.79 Å². The van der Waals surface area contributed by atoms with Crippen molar-refractivity contribution in [1.29, 1.82) is 0 Å². The number of nitrogens with zero attached hydrogens (tertiary/aromatic N) is 2. The molecule has 5 heteroatoms. The summed E-state index contributed by atoms with van der Waals surface area (Å²) in [5.74, 6) is -0.434. The summed E-state index contributed by atoms with van der Waals surface area (Å²) in [5, 5.41) is 9.49.